The largest absolute Gasteiger partial charge is 0.464 e. The molecule has 0 aromatic heterocycles. The van der Waals surface area contributed by atoms with E-state index in [9.17, 15) is 14.4 Å². The van der Waals surface area contributed by atoms with Crippen LogP contribution in [0.25, 0.3) is 0 Å². The SMILES string of the molecule is CCCCCCCC(CCCCCCC)C(=O)OCCN(CCOC(=O)C(CCCCCCC)CCCCCCC)C(=O)OC(C)(C)C. The Morgan fingerprint density at radius 1 is 0.479 bits per heavy atom. The van der Waals surface area contributed by atoms with Gasteiger partial charge < -0.3 is 19.1 Å². The molecule has 0 saturated heterocycles. The van der Waals surface area contributed by atoms with Gasteiger partial charge in [0, 0.05) is 0 Å². The number of carbonyl (C=O) groups is 3. The molecular formula is C41H79NO6. The van der Waals surface area contributed by atoms with Crippen molar-refractivity contribution in [2.45, 2.75) is 208 Å². The van der Waals surface area contributed by atoms with E-state index in [2.05, 4.69) is 27.7 Å². The zero-order chi connectivity index (χ0) is 35.9. The molecule has 0 aromatic rings. The molecule has 0 saturated carbocycles. The van der Waals surface area contributed by atoms with Crippen LogP contribution < -0.4 is 0 Å². The summed E-state index contributed by atoms with van der Waals surface area (Å²) in [5.41, 5.74) is -0.663. The summed E-state index contributed by atoms with van der Waals surface area (Å²) in [6.07, 6.45) is 26.3. The maximum Gasteiger partial charge on any atom is 0.410 e. The van der Waals surface area contributed by atoms with E-state index in [0.29, 0.717) is 0 Å². The molecule has 0 atom stereocenters. The van der Waals surface area contributed by atoms with Gasteiger partial charge in [0.25, 0.3) is 0 Å². The van der Waals surface area contributed by atoms with Gasteiger partial charge in [-0.25, -0.2) is 4.79 Å². The molecule has 0 rings (SSSR count). The molecule has 284 valence electrons. The van der Waals surface area contributed by atoms with E-state index in [0.717, 1.165) is 77.0 Å². The predicted octanol–water partition coefficient (Wildman–Crippen LogP) is 12.0. The van der Waals surface area contributed by atoms with Crippen molar-refractivity contribution in [2.24, 2.45) is 11.8 Å². The number of esters is 2. The molecule has 48 heavy (non-hydrogen) atoms. The minimum absolute atomic E-state index is 0.0925. The molecular weight excluding hydrogens is 602 g/mol. The van der Waals surface area contributed by atoms with Gasteiger partial charge in [-0.1, -0.05) is 156 Å². The van der Waals surface area contributed by atoms with Crippen molar-refractivity contribution in [3.05, 3.63) is 0 Å². The van der Waals surface area contributed by atoms with Crippen LogP contribution in [-0.2, 0) is 23.8 Å². The van der Waals surface area contributed by atoms with Gasteiger partial charge in [-0.2, -0.15) is 0 Å². The number of hydrogen-bond donors (Lipinski definition) is 0. The summed E-state index contributed by atoms with van der Waals surface area (Å²) in [4.78, 5) is 41.0. The van der Waals surface area contributed by atoms with E-state index in [1.165, 1.54) is 81.9 Å². The maximum absolute atomic E-state index is 13.2. The molecule has 0 radical (unpaired) electrons. The fraction of sp³-hybridized carbons (Fsp3) is 0.927. The number of hydrogen-bond acceptors (Lipinski definition) is 6. The van der Waals surface area contributed by atoms with Gasteiger partial charge in [0.15, 0.2) is 0 Å². The van der Waals surface area contributed by atoms with Gasteiger partial charge in [0.05, 0.1) is 24.9 Å². The number of amides is 1. The first-order valence-corrected chi connectivity index (χ1v) is 20.4. The topological polar surface area (TPSA) is 82.1 Å². The molecule has 0 aromatic carbocycles. The quantitative estimate of drug-likeness (QED) is 0.0399. The highest BCUT2D eigenvalue weighted by Gasteiger charge is 2.25. The summed E-state index contributed by atoms with van der Waals surface area (Å²) >= 11 is 0. The average Bonchev–Trinajstić information content (AvgIpc) is 3.04. The van der Waals surface area contributed by atoms with E-state index in [1.807, 2.05) is 20.8 Å². The van der Waals surface area contributed by atoms with Crippen LogP contribution in [0.1, 0.15) is 203 Å². The molecule has 0 heterocycles. The second-order valence-electron chi connectivity index (χ2n) is 15.0. The van der Waals surface area contributed by atoms with E-state index in [4.69, 9.17) is 14.2 Å². The molecule has 0 aliphatic rings. The Kier molecular flexibility index (Phi) is 30.0. The smallest absolute Gasteiger partial charge is 0.410 e. The van der Waals surface area contributed by atoms with Crippen LogP contribution in [0.4, 0.5) is 4.79 Å². The lowest BCUT2D eigenvalue weighted by Gasteiger charge is -2.27. The Labute approximate surface area is 297 Å². The molecule has 0 spiro atoms. The summed E-state index contributed by atoms with van der Waals surface area (Å²) in [6, 6.07) is 0. The minimum Gasteiger partial charge on any atom is -0.464 e. The van der Waals surface area contributed by atoms with Gasteiger partial charge >= 0.3 is 18.0 Å². The van der Waals surface area contributed by atoms with Gasteiger partial charge in [-0.05, 0) is 46.5 Å². The molecule has 0 fully saturated rings. The van der Waals surface area contributed by atoms with Crippen molar-refractivity contribution in [3.63, 3.8) is 0 Å². The second-order valence-corrected chi connectivity index (χ2v) is 15.0. The highest BCUT2D eigenvalue weighted by atomic mass is 16.6. The lowest BCUT2D eigenvalue weighted by molar-refractivity contribution is -0.150. The summed E-state index contributed by atoms with van der Waals surface area (Å²) in [6.45, 7) is 15.0. The molecule has 0 bridgehead atoms. The zero-order valence-corrected chi connectivity index (χ0v) is 32.9. The zero-order valence-electron chi connectivity index (χ0n) is 32.9. The van der Waals surface area contributed by atoms with Crippen molar-refractivity contribution in [3.8, 4) is 0 Å². The van der Waals surface area contributed by atoms with Gasteiger partial charge in [0.1, 0.15) is 18.8 Å². The first-order chi connectivity index (χ1) is 23.1. The van der Waals surface area contributed by atoms with Crippen molar-refractivity contribution in [1.29, 1.82) is 0 Å². The number of unbranched alkanes of at least 4 members (excludes halogenated alkanes) is 16. The van der Waals surface area contributed by atoms with Gasteiger partial charge in [-0.15, -0.1) is 0 Å². The fourth-order valence-corrected chi connectivity index (χ4v) is 6.11. The molecule has 0 N–H and O–H groups in total. The van der Waals surface area contributed by atoms with E-state index < -0.39 is 11.7 Å². The highest BCUT2D eigenvalue weighted by molar-refractivity contribution is 5.73. The van der Waals surface area contributed by atoms with Crippen molar-refractivity contribution in [1.82, 2.24) is 4.90 Å². The number of carbonyl (C=O) groups excluding carboxylic acids is 3. The third-order valence-electron chi connectivity index (χ3n) is 9.15. The minimum atomic E-state index is -0.663. The monoisotopic (exact) mass is 682 g/mol. The summed E-state index contributed by atoms with van der Waals surface area (Å²) in [7, 11) is 0. The molecule has 7 nitrogen and oxygen atoms in total. The number of rotatable bonds is 32. The molecule has 0 aliphatic carbocycles. The van der Waals surface area contributed by atoms with Crippen LogP contribution in [0.5, 0.6) is 0 Å². The van der Waals surface area contributed by atoms with Gasteiger partial charge in [0.2, 0.25) is 0 Å². The highest BCUT2D eigenvalue weighted by Crippen LogP contribution is 2.22. The maximum atomic E-state index is 13.2. The van der Waals surface area contributed by atoms with E-state index in [1.54, 1.807) is 0 Å². The third-order valence-corrected chi connectivity index (χ3v) is 9.15. The van der Waals surface area contributed by atoms with Crippen LogP contribution >= 0.6 is 0 Å². The Morgan fingerprint density at radius 3 is 1.04 bits per heavy atom. The third kappa shape index (κ3) is 27.1. The Hall–Kier alpha value is -1.79. The Morgan fingerprint density at radius 2 is 0.771 bits per heavy atom. The summed E-state index contributed by atoms with van der Waals surface area (Å²) in [5.74, 6) is -0.496. The van der Waals surface area contributed by atoms with E-state index in [-0.39, 0.29) is 50.1 Å². The standard InChI is InChI=1S/C41H79NO6/c1-8-12-16-20-24-28-36(29-25-21-17-13-9-2)38(43)46-34-32-42(40(45)48-41(5,6)7)33-35-47-39(44)37(30-26-22-18-14-10-3)31-27-23-19-15-11-4/h36-37H,8-35H2,1-7H3. The second kappa shape index (κ2) is 31.2. The normalized spacial score (nSPS) is 11.7. The summed E-state index contributed by atoms with van der Waals surface area (Å²) in [5, 5.41) is 0. The van der Waals surface area contributed by atoms with Crippen LogP contribution in [0.3, 0.4) is 0 Å². The van der Waals surface area contributed by atoms with Crippen molar-refractivity contribution in [2.75, 3.05) is 26.3 Å². The van der Waals surface area contributed by atoms with Crippen molar-refractivity contribution < 1.29 is 28.6 Å². The van der Waals surface area contributed by atoms with E-state index >= 15 is 0 Å². The number of ether oxygens (including phenoxy) is 3. The van der Waals surface area contributed by atoms with Crippen LogP contribution in [0, 0.1) is 11.8 Å². The Bertz CT molecular complexity index is 701. The lowest BCUT2D eigenvalue weighted by atomic mass is 9.94. The summed E-state index contributed by atoms with van der Waals surface area (Å²) < 4.78 is 17.2. The fourth-order valence-electron chi connectivity index (χ4n) is 6.11. The Balaban J connectivity index is 5.17. The van der Waals surface area contributed by atoms with Crippen LogP contribution in [0.2, 0.25) is 0 Å². The molecule has 1 amide bonds. The van der Waals surface area contributed by atoms with Crippen LogP contribution in [-0.4, -0.2) is 54.8 Å². The number of nitrogens with zero attached hydrogens (tertiary/aromatic N) is 1. The lowest BCUT2D eigenvalue weighted by Crippen LogP contribution is -2.41. The van der Waals surface area contributed by atoms with Crippen LogP contribution in [0.15, 0.2) is 0 Å². The van der Waals surface area contributed by atoms with Crippen molar-refractivity contribution >= 4 is 18.0 Å². The average molecular weight is 682 g/mol. The molecule has 7 heteroatoms. The molecule has 0 unspecified atom stereocenters. The first kappa shape index (κ1) is 46.2. The molecule has 0 aliphatic heterocycles. The first-order valence-electron chi connectivity index (χ1n) is 20.4. The predicted molar refractivity (Wildman–Crippen MR) is 200 cm³/mol. The van der Waals surface area contributed by atoms with Gasteiger partial charge in [-0.3, -0.25) is 9.59 Å².